The first-order valence-electron chi connectivity index (χ1n) is 9.97. The van der Waals surface area contributed by atoms with Crippen LogP contribution in [0.1, 0.15) is 41.9 Å². The van der Waals surface area contributed by atoms with E-state index >= 15 is 0 Å². The average Bonchev–Trinajstić information content (AvgIpc) is 3.12. The molecular weight excluding hydrogens is 401 g/mol. The Bertz CT molecular complexity index is 1070. The van der Waals surface area contributed by atoms with Gasteiger partial charge in [0.15, 0.2) is 5.82 Å². The van der Waals surface area contributed by atoms with Crippen LogP contribution in [0.3, 0.4) is 0 Å². The number of halogens is 1. The van der Waals surface area contributed by atoms with Gasteiger partial charge in [-0.25, -0.2) is 9.07 Å². The number of nitrogens with one attached hydrogen (secondary N) is 2. The summed E-state index contributed by atoms with van der Waals surface area (Å²) >= 11 is 1.37. The second-order valence-corrected chi connectivity index (χ2v) is 8.60. The maximum atomic E-state index is 13.5. The first-order chi connectivity index (χ1) is 14.5. The summed E-state index contributed by atoms with van der Waals surface area (Å²) in [5.41, 5.74) is 7.08. The van der Waals surface area contributed by atoms with E-state index in [2.05, 4.69) is 27.9 Å². The number of carbonyl (C=O) groups excluding carboxylic acids is 1. The molecule has 2 N–H and O–H groups in total. The van der Waals surface area contributed by atoms with E-state index in [9.17, 15) is 9.18 Å². The lowest BCUT2D eigenvalue weighted by Gasteiger charge is -2.33. The van der Waals surface area contributed by atoms with Gasteiger partial charge in [0.05, 0.1) is 6.04 Å². The number of aryl methyl sites for hydroxylation is 3. The van der Waals surface area contributed by atoms with E-state index in [-0.39, 0.29) is 17.8 Å². The quantitative estimate of drug-likeness (QED) is 0.635. The predicted molar refractivity (Wildman–Crippen MR) is 117 cm³/mol. The van der Waals surface area contributed by atoms with Crippen LogP contribution >= 0.6 is 11.8 Å². The van der Waals surface area contributed by atoms with E-state index in [1.165, 1.54) is 23.9 Å². The van der Waals surface area contributed by atoms with E-state index in [0.717, 1.165) is 41.0 Å². The molecule has 8 heteroatoms. The van der Waals surface area contributed by atoms with Crippen molar-refractivity contribution in [2.75, 3.05) is 10.7 Å². The Hall–Kier alpha value is -2.87. The van der Waals surface area contributed by atoms with Crippen molar-refractivity contribution >= 4 is 23.4 Å². The third-order valence-electron chi connectivity index (χ3n) is 5.12. The predicted octanol–water partition coefficient (Wildman–Crippen LogP) is 4.38. The molecule has 156 valence electrons. The molecule has 1 aliphatic heterocycles. The zero-order chi connectivity index (χ0) is 21.3. The molecule has 0 fully saturated rings. The molecule has 0 radical (unpaired) electrons. The highest BCUT2D eigenvalue weighted by atomic mass is 32.2. The summed E-state index contributed by atoms with van der Waals surface area (Å²) in [5.74, 6) is 0.373. The first kappa shape index (κ1) is 20.4. The number of anilines is 1. The zero-order valence-corrected chi connectivity index (χ0v) is 18.0. The van der Waals surface area contributed by atoms with E-state index in [0.29, 0.717) is 5.16 Å². The third-order valence-corrected chi connectivity index (χ3v) is 6.33. The van der Waals surface area contributed by atoms with E-state index in [1.807, 2.05) is 36.7 Å². The summed E-state index contributed by atoms with van der Waals surface area (Å²) in [6, 6.07) is 11.8. The molecule has 30 heavy (non-hydrogen) atoms. The van der Waals surface area contributed by atoms with Gasteiger partial charge in [-0.3, -0.25) is 4.79 Å². The van der Waals surface area contributed by atoms with Crippen LogP contribution in [-0.2, 0) is 11.2 Å². The Balaban J connectivity index is 1.68. The van der Waals surface area contributed by atoms with Crippen molar-refractivity contribution < 1.29 is 9.18 Å². The first-order valence-corrected chi connectivity index (χ1v) is 10.9. The molecule has 1 aliphatic rings. The molecule has 4 rings (SSSR count). The fraction of sp³-hybridized carbons (Fsp3) is 0.318. The van der Waals surface area contributed by atoms with Crippen molar-refractivity contribution in [2.45, 2.75) is 50.1 Å². The smallest absolute Gasteiger partial charge is 0.240 e. The van der Waals surface area contributed by atoms with Crippen LogP contribution in [0.2, 0.25) is 0 Å². The summed E-state index contributed by atoms with van der Waals surface area (Å²) in [7, 11) is 0. The molecule has 2 atom stereocenters. The Labute approximate surface area is 179 Å². The highest BCUT2D eigenvalue weighted by Crippen LogP contribution is 2.38. The monoisotopic (exact) mass is 425 g/mol. The number of rotatable bonds is 5. The molecule has 2 heterocycles. The number of carbonyl (C=O) groups is 1. The fourth-order valence-electron chi connectivity index (χ4n) is 3.48. The molecule has 0 spiro atoms. The molecular formula is C22H24FN5OS. The second-order valence-electron chi connectivity index (χ2n) is 7.49. The minimum absolute atomic E-state index is 0.137. The Morgan fingerprint density at radius 3 is 2.70 bits per heavy atom. The molecule has 0 saturated carbocycles. The van der Waals surface area contributed by atoms with Gasteiger partial charge in [0.2, 0.25) is 11.1 Å². The summed E-state index contributed by atoms with van der Waals surface area (Å²) < 4.78 is 15.4. The van der Waals surface area contributed by atoms with Crippen molar-refractivity contribution in [3.8, 4) is 0 Å². The zero-order valence-electron chi connectivity index (χ0n) is 17.1. The summed E-state index contributed by atoms with van der Waals surface area (Å²) in [4.78, 5) is 13.3. The lowest BCUT2D eigenvalue weighted by molar-refractivity contribution is -0.116. The molecule has 1 aromatic heterocycles. The standard InChI is InChI=1S/C22H24FN5OS/c1-4-5-18-25-26-22-28(18)27-19(15-8-10-16(23)11-9-15)20(30-22)21(29)24-17-12-13(2)6-7-14(17)3/h6-12,19-20,27H,4-5H2,1-3H3,(H,24,29)/t19-,20+/m0/s1. The average molecular weight is 426 g/mol. The maximum Gasteiger partial charge on any atom is 0.240 e. The minimum atomic E-state index is -0.499. The van der Waals surface area contributed by atoms with Crippen molar-refractivity contribution in [2.24, 2.45) is 0 Å². The van der Waals surface area contributed by atoms with E-state index in [4.69, 9.17) is 0 Å². The Kier molecular flexibility index (Phi) is 5.76. The summed E-state index contributed by atoms with van der Waals surface area (Å²) in [6.45, 7) is 6.03. The summed E-state index contributed by atoms with van der Waals surface area (Å²) in [5, 5.41) is 11.7. The van der Waals surface area contributed by atoms with Gasteiger partial charge in [0.25, 0.3) is 0 Å². The Morgan fingerprint density at radius 1 is 1.20 bits per heavy atom. The molecule has 2 aromatic carbocycles. The third kappa shape index (κ3) is 4.05. The van der Waals surface area contributed by atoms with Gasteiger partial charge < -0.3 is 10.7 Å². The molecule has 3 aromatic rings. The number of amides is 1. The largest absolute Gasteiger partial charge is 0.325 e. The maximum absolute atomic E-state index is 13.5. The fourth-order valence-corrected chi connectivity index (χ4v) is 4.58. The normalized spacial score (nSPS) is 17.9. The van der Waals surface area contributed by atoms with Crippen LogP contribution in [0.15, 0.2) is 47.6 Å². The molecule has 6 nitrogen and oxygen atoms in total. The SMILES string of the molecule is CCCc1nnc2n1N[C@@H](c1ccc(F)cc1)[C@H](C(=O)Nc1cc(C)ccc1C)S2. The highest BCUT2D eigenvalue weighted by molar-refractivity contribution is 8.00. The van der Waals surface area contributed by atoms with Crippen molar-refractivity contribution in [1.82, 2.24) is 14.9 Å². The second kappa shape index (κ2) is 8.47. The number of hydrogen-bond donors (Lipinski definition) is 2. The number of thioether (sulfide) groups is 1. The van der Waals surface area contributed by atoms with Crippen LogP contribution in [0, 0.1) is 19.7 Å². The van der Waals surface area contributed by atoms with Crippen molar-refractivity contribution in [3.05, 3.63) is 70.8 Å². The highest BCUT2D eigenvalue weighted by Gasteiger charge is 2.37. The van der Waals surface area contributed by atoms with Gasteiger partial charge in [0, 0.05) is 12.1 Å². The van der Waals surface area contributed by atoms with Crippen molar-refractivity contribution in [3.63, 3.8) is 0 Å². The van der Waals surface area contributed by atoms with E-state index < -0.39 is 5.25 Å². The van der Waals surface area contributed by atoms with Gasteiger partial charge in [-0.15, -0.1) is 10.2 Å². The number of benzene rings is 2. The molecule has 0 unspecified atom stereocenters. The minimum Gasteiger partial charge on any atom is -0.325 e. The number of fused-ring (bicyclic) bond motifs is 1. The molecule has 1 amide bonds. The molecule has 0 aliphatic carbocycles. The van der Waals surface area contributed by atoms with Gasteiger partial charge >= 0.3 is 0 Å². The van der Waals surface area contributed by atoms with Crippen LogP contribution in [0.5, 0.6) is 0 Å². The van der Waals surface area contributed by atoms with Gasteiger partial charge in [-0.2, -0.15) is 0 Å². The number of hydrogen-bond acceptors (Lipinski definition) is 5. The van der Waals surface area contributed by atoms with E-state index in [1.54, 1.807) is 12.1 Å². The van der Waals surface area contributed by atoms with Crippen LogP contribution in [-0.4, -0.2) is 26.0 Å². The topological polar surface area (TPSA) is 71.8 Å². The lowest BCUT2D eigenvalue weighted by Crippen LogP contribution is -2.41. The van der Waals surface area contributed by atoms with Gasteiger partial charge in [0.1, 0.15) is 11.1 Å². The number of nitrogens with zero attached hydrogens (tertiary/aromatic N) is 3. The Morgan fingerprint density at radius 2 is 1.97 bits per heavy atom. The van der Waals surface area contributed by atoms with Crippen LogP contribution in [0.4, 0.5) is 10.1 Å². The van der Waals surface area contributed by atoms with Crippen LogP contribution < -0.4 is 10.7 Å². The van der Waals surface area contributed by atoms with Crippen molar-refractivity contribution in [1.29, 1.82) is 0 Å². The summed E-state index contributed by atoms with van der Waals surface area (Å²) in [6.07, 6.45) is 1.71. The lowest BCUT2D eigenvalue weighted by atomic mass is 10.0. The molecule has 0 saturated heterocycles. The van der Waals surface area contributed by atoms with Gasteiger partial charge in [-0.1, -0.05) is 43.0 Å². The number of aromatic nitrogens is 3. The van der Waals surface area contributed by atoms with Crippen LogP contribution in [0.25, 0.3) is 0 Å². The molecule has 0 bridgehead atoms. The van der Waals surface area contributed by atoms with Gasteiger partial charge in [-0.05, 0) is 55.2 Å².